The van der Waals surface area contributed by atoms with Crippen LogP contribution in [0.5, 0.6) is 0 Å². The first kappa shape index (κ1) is 63.3. The van der Waals surface area contributed by atoms with Gasteiger partial charge in [0.15, 0.2) is 0 Å². The van der Waals surface area contributed by atoms with E-state index in [-0.39, 0.29) is 13.0 Å². The third kappa shape index (κ3) is 36.0. The molecule has 0 heterocycles. The van der Waals surface area contributed by atoms with E-state index >= 15 is 0 Å². The number of carbonyl (C=O) groups excluding carboxylic acids is 1. The molecule has 0 aromatic rings. The van der Waals surface area contributed by atoms with Crippen molar-refractivity contribution in [2.75, 3.05) is 19.8 Å². The standard InChI is InChI=1S/C54H99O12P/c1-3-5-7-9-11-13-15-17-19-21-23-24-26-28-30-32-34-36-38-40-42-44-63-45-47(46-64-67(61,62)66-54-52(59)50(57)49(56)51(58)53(54)60)65-48(55)43-41-39-37-35-33-31-29-27-25-22-20-18-16-14-12-10-8-6-4-2/h6,8,12,14,18,20,25,27,47,49-54,56-60H,3-5,7,9-11,13,15-17,19,21-24,26,28-46H2,1-2H3,(H,61,62)/b8-6-,14-12-,20-18-,27-25-. The second-order valence-electron chi connectivity index (χ2n) is 18.7. The van der Waals surface area contributed by atoms with Crippen molar-refractivity contribution in [2.24, 2.45) is 0 Å². The molecule has 0 amide bonds. The molecule has 1 rings (SSSR count). The number of aliphatic hydroxyl groups excluding tert-OH is 5. The molecular formula is C54H99O12P. The molecule has 0 spiro atoms. The fraction of sp³-hybridized carbons (Fsp3) is 0.833. The Balaban J connectivity index is 2.32. The van der Waals surface area contributed by atoms with Crippen LogP contribution in [0.3, 0.4) is 0 Å². The number of unbranched alkanes of at least 4 members (excludes halogenated alkanes) is 26. The summed E-state index contributed by atoms with van der Waals surface area (Å²) in [5.74, 6) is -0.488. The molecule has 1 saturated carbocycles. The minimum absolute atomic E-state index is 0.0808. The molecule has 392 valence electrons. The molecule has 67 heavy (non-hydrogen) atoms. The normalized spacial score (nSPS) is 21.6. The zero-order valence-corrected chi connectivity index (χ0v) is 43.1. The molecule has 12 nitrogen and oxygen atoms in total. The molecule has 0 aromatic carbocycles. The number of phosphoric acid groups is 1. The minimum atomic E-state index is -5.03. The van der Waals surface area contributed by atoms with Crippen molar-refractivity contribution in [3.63, 3.8) is 0 Å². The summed E-state index contributed by atoms with van der Waals surface area (Å²) >= 11 is 0. The van der Waals surface area contributed by atoms with Crippen molar-refractivity contribution < 1.29 is 58.3 Å². The molecule has 1 aliphatic rings. The number of allylic oxidation sites excluding steroid dienone is 8. The predicted molar refractivity (Wildman–Crippen MR) is 272 cm³/mol. The molecule has 6 unspecified atom stereocenters. The smallest absolute Gasteiger partial charge is 0.457 e. The van der Waals surface area contributed by atoms with E-state index in [9.17, 15) is 39.8 Å². The fourth-order valence-electron chi connectivity index (χ4n) is 8.23. The molecule has 0 saturated heterocycles. The number of phosphoric ester groups is 1. The second kappa shape index (κ2) is 44.3. The van der Waals surface area contributed by atoms with E-state index in [1.165, 1.54) is 116 Å². The Morgan fingerprint density at radius 1 is 0.493 bits per heavy atom. The van der Waals surface area contributed by atoms with E-state index in [0.29, 0.717) is 13.0 Å². The molecule has 13 heteroatoms. The van der Waals surface area contributed by atoms with Crippen LogP contribution in [-0.2, 0) is 27.9 Å². The van der Waals surface area contributed by atoms with Crippen molar-refractivity contribution in [1.29, 1.82) is 0 Å². The Labute approximate surface area is 407 Å². The number of hydrogen-bond acceptors (Lipinski definition) is 11. The average molecular weight is 971 g/mol. The highest BCUT2D eigenvalue weighted by atomic mass is 31.2. The van der Waals surface area contributed by atoms with E-state index in [2.05, 4.69) is 62.5 Å². The maximum Gasteiger partial charge on any atom is 0.472 e. The Kier molecular flexibility index (Phi) is 41.8. The van der Waals surface area contributed by atoms with Crippen LogP contribution in [0.2, 0.25) is 0 Å². The van der Waals surface area contributed by atoms with Crippen molar-refractivity contribution >= 4 is 13.8 Å². The number of ether oxygens (including phenoxy) is 2. The average Bonchev–Trinajstić information content (AvgIpc) is 3.31. The van der Waals surface area contributed by atoms with Crippen molar-refractivity contribution in [3.8, 4) is 0 Å². The quantitative estimate of drug-likeness (QED) is 0.0147. The highest BCUT2D eigenvalue weighted by Crippen LogP contribution is 2.47. The van der Waals surface area contributed by atoms with Gasteiger partial charge in [-0.05, 0) is 51.4 Å². The molecule has 0 aromatic heterocycles. The molecule has 0 radical (unpaired) electrons. The topological polar surface area (TPSA) is 192 Å². The third-order valence-corrected chi connectivity index (χ3v) is 13.5. The summed E-state index contributed by atoms with van der Waals surface area (Å²) in [6, 6.07) is 0. The third-order valence-electron chi connectivity index (χ3n) is 12.5. The van der Waals surface area contributed by atoms with Crippen molar-refractivity contribution in [1.82, 2.24) is 0 Å². The van der Waals surface area contributed by atoms with Gasteiger partial charge in [0, 0.05) is 13.0 Å². The molecule has 0 bridgehead atoms. The fourth-order valence-corrected chi connectivity index (χ4v) is 9.20. The zero-order chi connectivity index (χ0) is 49.1. The van der Waals surface area contributed by atoms with Gasteiger partial charge >= 0.3 is 13.8 Å². The van der Waals surface area contributed by atoms with Gasteiger partial charge in [0.25, 0.3) is 0 Å². The maximum absolute atomic E-state index is 12.9. The van der Waals surface area contributed by atoms with Crippen molar-refractivity contribution in [2.45, 2.75) is 268 Å². The first-order chi connectivity index (χ1) is 32.5. The SMILES string of the molecule is CC/C=C\C/C=C\C/C=C\C/C=C\CCCCCCCCC(=O)OC(COCCCCCCCCCCCCCCCCCCCCCCC)COP(=O)(O)OC1C(O)C(O)C(O)C(O)C1O. The zero-order valence-electron chi connectivity index (χ0n) is 42.2. The van der Waals surface area contributed by atoms with Gasteiger partial charge in [0.1, 0.15) is 42.7 Å². The molecule has 6 atom stereocenters. The molecule has 1 aliphatic carbocycles. The van der Waals surface area contributed by atoms with Crippen LogP contribution in [0.25, 0.3) is 0 Å². The number of esters is 1. The number of carbonyl (C=O) groups is 1. The Morgan fingerprint density at radius 2 is 0.881 bits per heavy atom. The van der Waals surface area contributed by atoms with E-state index in [1.54, 1.807) is 0 Å². The Bertz CT molecular complexity index is 1290. The van der Waals surface area contributed by atoms with Crippen LogP contribution >= 0.6 is 7.82 Å². The lowest BCUT2D eigenvalue weighted by Crippen LogP contribution is -2.64. The molecule has 6 N–H and O–H groups in total. The summed E-state index contributed by atoms with van der Waals surface area (Å²) in [4.78, 5) is 23.3. The number of aliphatic hydroxyl groups is 5. The van der Waals surface area contributed by atoms with E-state index in [0.717, 1.165) is 83.5 Å². The van der Waals surface area contributed by atoms with Gasteiger partial charge in [-0.3, -0.25) is 13.8 Å². The van der Waals surface area contributed by atoms with Gasteiger partial charge in [-0.1, -0.05) is 217 Å². The van der Waals surface area contributed by atoms with E-state index in [4.69, 9.17) is 18.5 Å². The number of rotatable bonds is 46. The van der Waals surface area contributed by atoms with Crippen LogP contribution in [0.4, 0.5) is 0 Å². The van der Waals surface area contributed by atoms with Gasteiger partial charge < -0.3 is 39.9 Å². The predicted octanol–water partition coefficient (Wildman–Crippen LogP) is 12.4. The summed E-state index contributed by atoms with van der Waals surface area (Å²) in [6.45, 7) is 4.17. The monoisotopic (exact) mass is 971 g/mol. The molecule has 0 aliphatic heterocycles. The van der Waals surface area contributed by atoms with Gasteiger partial charge in [-0.2, -0.15) is 0 Å². The van der Waals surface area contributed by atoms with E-state index < -0.39 is 63.1 Å². The highest BCUT2D eigenvalue weighted by Gasteiger charge is 2.51. The van der Waals surface area contributed by atoms with Crippen LogP contribution < -0.4 is 0 Å². The van der Waals surface area contributed by atoms with Crippen LogP contribution in [0.1, 0.15) is 226 Å². The first-order valence-corrected chi connectivity index (χ1v) is 28.5. The van der Waals surface area contributed by atoms with Crippen molar-refractivity contribution in [3.05, 3.63) is 48.6 Å². The largest absolute Gasteiger partial charge is 0.472 e. The van der Waals surface area contributed by atoms with Crippen LogP contribution in [0, 0.1) is 0 Å². The maximum atomic E-state index is 12.9. The summed E-state index contributed by atoms with van der Waals surface area (Å²) < 4.78 is 34.3. The van der Waals surface area contributed by atoms with Gasteiger partial charge in [-0.25, -0.2) is 4.57 Å². The lowest BCUT2D eigenvalue weighted by molar-refractivity contribution is -0.220. The van der Waals surface area contributed by atoms with Crippen LogP contribution in [0.15, 0.2) is 48.6 Å². The first-order valence-electron chi connectivity index (χ1n) is 27.0. The summed E-state index contributed by atoms with van der Waals surface area (Å²) in [6.07, 6.45) is 43.2. The summed E-state index contributed by atoms with van der Waals surface area (Å²) in [5, 5.41) is 50.4. The lowest BCUT2D eigenvalue weighted by Gasteiger charge is -2.41. The second-order valence-corrected chi connectivity index (χ2v) is 20.1. The Hall–Kier alpha value is -1.70. The van der Waals surface area contributed by atoms with Crippen LogP contribution in [-0.4, -0.2) is 98.9 Å². The molecular weight excluding hydrogens is 872 g/mol. The summed E-state index contributed by atoms with van der Waals surface area (Å²) in [7, 11) is -5.03. The molecule has 1 fully saturated rings. The number of hydrogen-bond donors (Lipinski definition) is 6. The highest BCUT2D eigenvalue weighted by molar-refractivity contribution is 7.47. The Morgan fingerprint density at radius 3 is 1.34 bits per heavy atom. The van der Waals surface area contributed by atoms with Gasteiger partial charge in [0.05, 0.1) is 13.2 Å². The van der Waals surface area contributed by atoms with E-state index in [1.807, 2.05) is 0 Å². The summed E-state index contributed by atoms with van der Waals surface area (Å²) in [5.41, 5.74) is 0. The lowest BCUT2D eigenvalue weighted by atomic mass is 9.85. The van der Waals surface area contributed by atoms with Gasteiger partial charge in [0.2, 0.25) is 0 Å². The van der Waals surface area contributed by atoms with Gasteiger partial charge in [-0.15, -0.1) is 0 Å². The minimum Gasteiger partial charge on any atom is -0.457 e.